The summed E-state index contributed by atoms with van der Waals surface area (Å²) in [6, 6.07) is 5.25. The quantitative estimate of drug-likeness (QED) is 0.587. The van der Waals surface area contributed by atoms with Crippen molar-refractivity contribution in [3.8, 4) is 0 Å². The molecule has 2 aromatic rings. The van der Waals surface area contributed by atoms with Gasteiger partial charge in [-0.15, -0.1) is 0 Å². The first-order chi connectivity index (χ1) is 9.88. The number of carbonyl (C=O) groups excluding carboxylic acids is 1. The molecular weight excluding hydrogens is 285 g/mol. The molecule has 0 aliphatic heterocycles. The summed E-state index contributed by atoms with van der Waals surface area (Å²) in [5, 5.41) is 21.4. The van der Waals surface area contributed by atoms with E-state index >= 15 is 0 Å². The van der Waals surface area contributed by atoms with Crippen LogP contribution in [0.15, 0.2) is 30.3 Å². The normalized spacial score (nSPS) is 10.1. The Kier molecular flexibility index (Phi) is 3.65. The van der Waals surface area contributed by atoms with Crippen LogP contribution in [0.4, 0.5) is 15.9 Å². The molecule has 0 spiro atoms. The molecule has 1 heterocycles. The summed E-state index contributed by atoms with van der Waals surface area (Å²) in [6.45, 7) is 0. The maximum atomic E-state index is 13.6. The summed E-state index contributed by atoms with van der Waals surface area (Å²) < 4.78 is 13.6. The van der Waals surface area contributed by atoms with Crippen molar-refractivity contribution in [3.63, 3.8) is 0 Å². The van der Waals surface area contributed by atoms with Gasteiger partial charge in [-0.3, -0.25) is 4.79 Å². The number of carboxylic acid groups (broad SMARTS) is 1. The van der Waals surface area contributed by atoms with E-state index in [1.807, 2.05) is 0 Å². The highest BCUT2D eigenvalue weighted by molar-refractivity contribution is 6.03. The first-order valence-corrected chi connectivity index (χ1v) is 5.56. The van der Waals surface area contributed by atoms with Crippen LogP contribution in [0.5, 0.6) is 0 Å². The van der Waals surface area contributed by atoms with E-state index in [0.717, 1.165) is 24.3 Å². The molecule has 3 N–H and O–H groups in total. The Bertz CT molecular complexity index is 740. The first-order valence-electron chi connectivity index (χ1n) is 5.56. The number of nitrogens with one attached hydrogen (secondary N) is 2. The van der Waals surface area contributed by atoms with Gasteiger partial charge in [0.05, 0.1) is 11.3 Å². The van der Waals surface area contributed by atoms with E-state index in [-0.39, 0.29) is 22.8 Å². The Hall–Kier alpha value is -3.23. The van der Waals surface area contributed by atoms with Crippen LogP contribution in [0.3, 0.4) is 0 Å². The molecule has 21 heavy (non-hydrogen) atoms. The number of hydrogen-bond donors (Lipinski definition) is 3. The number of aromatic amines is 1. The van der Waals surface area contributed by atoms with Crippen molar-refractivity contribution in [2.75, 3.05) is 5.32 Å². The topological polar surface area (TPSA) is 125 Å². The van der Waals surface area contributed by atoms with Gasteiger partial charge in [-0.2, -0.15) is 0 Å². The average Bonchev–Trinajstić information content (AvgIpc) is 2.90. The van der Waals surface area contributed by atoms with Gasteiger partial charge in [0.1, 0.15) is 5.82 Å². The van der Waals surface area contributed by atoms with Gasteiger partial charge >= 0.3 is 11.8 Å². The second-order valence-corrected chi connectivity index (χ2v) is 3.97. The van der Waals surface area contributed by atoms with E-state index in [2.05, 4.69) is 10.3 Å². The zero-order chi connectivity index (χ0) is 15.6. The maximum absolute atomic E-state index is 13.6. The van der Waals surface area contributed by atoms with Crippen molar-refractivity contribution in [2.45, 2.75) is 0 Å². The van der Waals surface area contributed by atoms with E-state index in [1.165, 1.54) is 6.07 Å². The summed E-state index contributed by atoms with van der Waals surface area (Å²) in [5.74, 6) is -3.39. The highest BCUT2D eigenvalue weighted by atomic mass is 19.1. The van der Waals surface area contributed by atoms with Gasteiger partial charge in [-0.1, -0.05) is 0 Å². The molecular formula is C12H8FN3O5. The van der Waals surface area contributed by atoms with Crippen molar-refractivity contribution in [3.05, 3.63) is 57.5 Å². The minimum atomic E-state index is -1.30. The Balaban J connectivity index is 2.19. The minimum absolute atomic E-state index is 0.122. The number of H-pyrrole nitrogens is 1. The lowest BCUT2D eigenvalue weighted by Crippen LogP contribution is -2.14. The Morgan fingerprint density at radius 2 is 2.00 bits per heavy atom. The molecule has 0 radical (unpaired) electrons. The van der Waals surface area contributed by atoms with Crippen molar-refractivity contribution in [1.29, 1.82) is 0 Å². The third-order valence-corrected chi connectivity index (χ3v) is 2.58. The molecule has 0 aliphatic rings. The third kappa shape index (κ3) is 3.03. The van der Waals surface area contributed by atoms with Crippen LogP contribution in [0.2, 0.25) is 0 Å². The van der Waals surface area contributed by atoms with E-state index in [4.69, 9.17) is 5.11 Å². The van der Waals surface area contributed by atoms with Crippen LogP contribution in [-0.2, 0) is 0 Å². The van der Waals surface area contributed by atoms with Crippen LogP contribution in [0.25, 0.3) is 0 Å². The van der Waals surface area contributed by atoms with Gasteiger partial charge < -0.3 is 20.5 Å². The number of nitrogens with zero attached hydrogens (tertiary/aromatic N) is 1. The monoisotopic (exact) mass is 293 g/mol. The number of nitro groups is 1. The molecule has 0 bridgehead atoms. The maximum Gasteiger partial charge on any atom is 0.335 e. The standard InChI is InChI=1S/C12H8FN3O5/c13-7-5-6(12(18)19)1-2-8(7)15-11(17)9-3-4-10(14-9)16(20)21/h1-5,14H,(H,15,17)(H,18,19). The van der Waals surface area contributed by atoms with E-state index in [9.17, 15) is 24.1 Å². The third-order valence-electron chi connectivity index (χ3n) is 2.58. The molecule has 1 aromatic carbocycles. The molecule has 1 amide bonds. The van der Waals surface area contributed by atoms with Crippen LogP contribution in [-0.4, -0.2) is 26.9 Å². The van der Waals surface area contributed by atoms with Crippen LogP contribution in [0.1, 0.15) is 20.8 Å². The molecule has 2 rings (SSSR count). The van der Waals surface area contributed by atoms with Gasteiger partial charge in [0.2, 0.25) is 0 Å². The number of amides is 1. The van der Waals surface area contributed by atoms with E-state index < -0.39 is 22.6 Å². The molecule has 0 atom stereocenters. The van der Waals surface area contributed by atoms with Crippen LogP contribution < -0.4 is 5.32 Å². The SMILES string of the molecule is O=C(O)c1ccc(NC(=O)c2ccc([N+](=O)[O-])[nH]2)c(F)c1. The van der Waals surface area contributed by atoms with Crippen molar-refractivity contribution >= 4 is 23.4 Å². The summed E-state index contributed by atoms with van der Waals surface area (Å²) >= 11 is 0. The predicted octanol–water partition coefficient (Wildman–Crippen LogP) is 2.01. The Morgan fingerprint density at radius 3 is 2.52 bits per heavy atom. The van der Waals surface area contributed by atoms with Gasteiger partial charge in [0, 0.05) is 6.07 Å². The lowest BCUT2D eigenvalue weighted by molar-refractivity contribution is -0.389. The van der Waals surface area contributed by atoms with Gasteiger partial charge in [-0.05, 0) is 29.2 Å². The molecule has 0 aliphatic carbocycles. The predicted molar refractivity (Wildman–Crippen MR) is 68.8 cm³/mol. The summed E-state index contributed by atoms with van der Waals surface area (Å²) in [6.07, 6.45) is 0. The zero-order valence-electron chi connectivity index (χ0n) is 10.3. The number of carboxylic acids is 1. The van der Waals surface area contributed by atoms with Crippen molar-refractivity contribution < 1.29 is 24.0 Å². The molecule has 0 fully saturated rings. The molecule has 108 valence electrons. The van der Waals surface area contributed by atoms with Crippen molar-refractivity contribution in [2.24, 2.45) is 0 Å². The zero-order valence-corrected chi connectivity index (χ0v) is 10.3. The van der Waals surface area contributed by atoms with Crippen molar-refractivity contribution in [1.82, 2.24) is 4.98 Å². The second kappa shape index (κ2) is 5.41. The largest absolute Gasteiger partial charge is 0.478 e. The fourth-order valence-corrected chi connectivity index (χ4v) is 1.56. The summed E-state index contributed by atoms with van der Waals surface area (Å²) in [5.41, 5.74) is -0.619. The number of carbonyl (C=O) groups is 2. The molecule has 0 unspecified atom stereocenters. The number of anilines is 1. The van der Waals surface area contributed by atoms with Crippen LogP contribution in [0, 0.1) is 15.9 Å². The fourth-order valence-electron chi connectivity index (χ4n) is 1.56. The average molecular weight is 293 g/mol. The minimum Gasteiger partial charge on any atom is -0.478 e. The number of halogens is 1. The second-order valence-electron chi connectivity index (χ2n) is 3.97. The number of rotatable bonds is 4. The molecule has 8 nitrogen and oxygen atoms in total. The highest BCUT2D eigenvalue weighted by Crippen LogP contribution is 2.17. The number of aromatic nitrogens is 1. The molecule has 9 heteroatoms. The molecule has 1 aromatic heterocycles. The summed E-state index contributed by atoms with van der Waals surface area (Å²) in [4.78, 5) is 34.4. The molecule has 0 saturated carbocycles. The van der Waals surface area contributed by atoms with Gasteiger partial charge in [-0.25, -0.2) is 14.2 Å². The Labute approximate surface area is 116 Å². The lowest BCUT2D eigenvalue weighted by Gasteiger charge is -2.04. The lowest BCUT2D eigenvalue weighted by atomic mass is 10.2. The smallest absolute Gasteiger partial charge is 0.335 e. The number of hydrogen-bond acceptors (Lipinski definition) is 4. The molecule has 0 saturated heterocycles. The van der Waals surface area contributed by atoms with E-state index in [1.54, 1.807) is 0 Å². The van der Waals surface area contributed by atoms with E-state index in [0.29, 0.717) is 0 Å². The number of aromatic carboxylic acids is 1. The highest BCUT2D eigenvalue weighted by Gasteiger charge is 2.17. The first kappa shape index (κ1) is 14.2. The van der Waals surface area contributed by atoms with Gasteiger partial charge in [0.15, 0.2) is 5.69 Å². The summed E-state index contributed by atoms with van der Waals surface area (Å²) in [7, 11) is 0. The fraction of sp³-hybridized carbons (Fsp3) is 0. The Morgan fingerprint density at radius 1 is 1.29 bits per heavy atom. The van der Waals surface area contributed by atoms with Gasteiger partial charge in [0.25, 0.3) is 5.91 Å². The van der Waals surface area contributed by atoms with Crippen LogP contribution >= 0.6 is 0 Å². The number of benzene rings is 1.